The first kappa shape index (κ1) is 24.7. The van der Waals surface area contributed by atoms with Crippen LogP contribution in [0.4, 0.5) is 22.7 Å². The van der Waals surface area contributed by atoms with Gasteiger partial charge in [-0.3, -0.25) is 28.8 Å². The molecule has 4 aromatic carbocycles. The summed E-state index contributed by atoms with van der Waals surface area (Å²) in [5.41, 5.74) is 2.40. The maximum Gasteiger partial charge on any atom is 0.265 e. The van der Waals surface area contributed by atoms with Crippen molar-refractivity contribution >= 4 is 69.0 Å². The molecule has 0 saturated heterocycles. The molecular weight excluding hydrogens is 512 g/mol. The van der Waals surface area contributed by atoms with Gasteiger partial charge in [-0.15, -0.1) is 0 Å². The van der Waals surface area contributed by atoms with Crippen molar-refractivity contribution < 1.29 is 28.8 Å². The van der Waals surface area contributed by atoms with Crippen LogP contribution in [-0.2, 0) is 9.59 Å². The van der Waals surface area contributed by atoms with Crippen LogP contribution in [0.5, 0.6) is 0 Å². The van der Waals surface area contributed by atoms with Crippen molar-refractivity contribution in [1.29, 1.82) is 0 Å². The number of anilines is 4. The standard InChI is InChI=1S/C30H20N4O6/c1-15(35)31-17-3-7-19(8-4-17)33-27(37)21-11-13-23-26-24(14-12-22(25(21)26)28(33)38)30(40)34(29(23)39)20-9-5-18(6-10-20)32-16(2)36/h3-14H,1-2H3,(H,31,35)(H,32,36). The molecule has 0 fully saturated rings. The molecule has 2 heterocycles. The largest absolute Gasteiger partial charge is 0.326 e. The number of hydrogen-bond acceptors (Lipinski definition) is 6. The van der Waals surface area contributed by atoms with Crippen LogP contribution in [-0.4, -0.2) is 35.4 Å². The van der Waals surface area contributed by atoms with Gasteiger partial charge in [0.05, 0.1) is 11.4 Å². The van der Waals surface area contributed by atoms with E-state index in [-0.39, 0.29) is 44.8 Å². The van der Waals surface area contributed by atoms with Gasteiger partial charge in [-0.1, -0.05) is 0 Å². The number of carbonyl (C=O) groups is 6. The summed E-state index contributed by atoms with van der Waals surface area (Å²) in [7, 11) is 0. The number of carbonyl (C=O) groups excluding carboxylic acids is 6. The van der Waals surface area contributed by atoms with E-state index in [1.165, 1.54) is 38.1 Å². The first-order chi connectivity index (χ1) is 19.2. The van der Waals surface area contributed by atoms with Crippen molar-refractivity contribution in [2.24, 2.45) is 0 Å². The highest BCUT2D eigenvalue weighted by Crippen LogP contribution is 2.40. The Kier molecular flexibility index (Phi) is 5.54. The normalized spacial score (nSPS) is 14.1. The van der Waals surface area contributed by atoms with Gasteiger partial charge in [0, 0.05) is 58.2 Å². The maximum atomic E-state index is 13.6. The monoisotopic (exact) mass is 532 g/mol. The number of hydrogen-bond donors (Lipinski definition) is 2. The second kappa shape index (κ2) is 8.98. The average molecular weight is 533 g/mol. The van der Waals surface area contributed by atoms with Crippen LogP contribution in [0.15, 0.2) is 72.8 Å². The summed E-state index contributed by atoms with van der Waals surface area (Å²) in [4.78, 5) is 79.1. The molecule has 0 saturated carbocycles. The third-order valence-corrected chi connectivity index (χ3v) is 6.79. The molecule has 0 bridgehead atoms. The van der Waals surface area contributed by atoms with Crippen molar-refractivity contribution in [3.05, 3.63) is 95.1 Å². The molecule has 40 heavy (non-hydrogen) atoms. The molecule has 2 aliphatic rings. The van der Waals surface area contributed by atoms with Crippen molar-refractivity contribution in [2.45, 2.75) is 13.8 Å². The Bertz CT molecular complexity index is 1620. The summed E-state index contributed by atoms with van der Waals surface area (Å²) in [5, 5.41) is 5.80. The molecule has 0 atom stereocenters. The molecule has 0 aliphatic carbocycles. The second-order valence-electron chi connectivity index (χ2n) is 9.42. The minimum atomic E-state index is -0.593. The zero-order valence-corrected chi connectivity index (χ0v) is 21.3. The van der Waals surface area contributed by atoms with E-state index in [1.807, 2.05) is 0 Å². The predicted octanol–water partition coefficient (Wildman–Crippen LogP) is 4.36. The van der Waals surface area contributed by atoms with E-state index in [0.717, 1.165) is 9.80 Å². The van der Waals surface area contributed by atoms with Gasteiger partial charge in [-0.25, -0.2) is 9.80 Å². The van der Waals surface area contributed by atoms with Crippen LogP contribution in [0.25, 0.3) is 10.8 Å². The Hall–Kier alpha value is -5.64. The number of rotatable bonds is 4. The molecule has 0 aromatic heterocycles. The first-order valence-electron chi connectivity index (χ1n) is 12.3. The lowest BCUT2D eigenvalue weighted by molar-refractivity contribution is -0.115. The van der Waals surface area contributed by atoms with Gasteiger partial charge in [0.25, 0.3) is 23.6 Å². The minimum Gasteiger partial charge on any atom is -0.326 e. The fraction of sp³-hybridized carbons (Fsp3) is 0.0667. The Labute approximate surface area is 227 Å². The van der Waals surface area contributed by atoms with E-state index in [4.69, 9.17) is 0 Å². The summed E-state index contributed by atoms with van der Waals surface area (Å²) >= 11 is 0. The topological polar surface area (TPSA) is 133 Å². The fourth-order valence-corrected chi connectivity index (χ4v) is 5.14. The number of imide groups is 2. The highest BCUT2D eigenvalue weighted by Gasteiger charge is 2.40. The summed E-state index contributed by atoms with van der Waals surface area (Å²) in [6.07, 6.45) is 0. The fourth-order valence-electron chi connectivity index (χ4n) is 5.14. The second-order valence-corrected chi connectivity index (χ2v) is 9.42. The molecule has 2 N–H and O–H groups in total. The van der Waals surface area contributed by atoms with E-state index in [9.17, 15) is 28.8 Å². The summed E-state index contributed by atoms with van der Waals surface area (Å²) < 4.78 is 0. The van der Waals surface area contributed by atoms with Gasteiger partial charge in [0.15, 0.2) is 0 Å². The zero-order chi connectivity index (χ0) is 28.3. The Balaban J connectivity index is 1.42. The van der Waals surface area contributed by atoms with Gasteiger partial charge in [0.2, 0.25) is 11.8 Å². The lowest BCUT2D eigenvalue weighted by atomic mass is 9.85. The SMILES string of the molecule is CC(=O)Nc1ccc(N2C(=O)c3ccc4c5c(ccc(c35)C2=O)C(=O)N(c2ccc(NC(C)=O)cc2)C4=O)cc1. The van der Waals surface area contributed by atoms with Gasteiger partial charge in [0.1, 0.15) is 0 Å². The molecule has 6 rings (SSSR count). The molecule has 0 spiro atoms. The van der Waals surface area contributed by atoms with E-state index >= 15 is 0 Å². The van der Waals surface area contributed by atoms with E-state index in [2.05, 4.69) is 10.6 Å². The van der Waals surface area contributed by atoms with E-state index < -0.39 is 23.6 Å². The number of nitrogens with one attached hydrogen (secondary N) is 2. The molecule has 4 aromatic rings. The Morgan fingerprint density at radius 2 is 0.750 bits per heavy atom. The molecule has 10 heteroatoms. The van der Waals surface area contributed by atoms with Crippen LogP contribution in [0.3, 0.4) is 0 Å². The maximum absolute atomic E-state index is 13.6. The predicted molar refractivity (Wildman–Crippen MR) is 148 cm³/mol. The third kappa shape index (κ3) is 3.73. The first-order valence-corrected chi connectivity index (χ1v) is 12.3. The molecule has 2 aliphatic heterocycles. The summed E-state index contributed by atoms with van der Waals surface area (Å²) in [6, 6.07) is 18.5. The lowest BCUT2D eigenvalue weighted by Gasteiger charge is -2.32. The van der Waals surface area contributed by atoms with Gasteiger partial charge >= 0.3 is 0 Å². The van der Waals surface area contributed by atoms with Crippen LogP contribution in [0, 0.1) is 0 Å². The smallest absolute Gasteiger partial charge is 0.265 e. The lowest BCUT2D eigenvalue weighted by Crippen LogP contribution is -2.43. The van der Waals surface area contributed by atoms with Gasteiger partial charge < -0.3 is 10.6 Å². The Morgan fingerprint density at radius 1 is 0.475 bits per heavy atom. The number of nitrogens with zero attached hydrogens (tertiary/aromatic N) is 2. The average Bonchev–Trinajstić information content (AvgIpc) is 2.92. The number of amides is 6. The van der Waals surface area contributed by atoms with Crippen LogP contribution in [0.2, 0.25) is 0 Å². The molecule has 6 amide bonds. The van der Waals surface area contributed by atoms with Crippen molar-refractivity contribution in [3.8, 4) is 0 Å². The number of benzene rings is 4. The highest BCUT2D eigenvalue weighted by molar-refractivity contribution is 6.42. The zero-order valence-electron chi connectivity index (χ0n) is 21.3. The molecule has 0 radical (unpaired) electrons. The van der Waals surface area contributed by atoms with Gasteiger partial charge in [-0.05, 0) is 72.8 Å². The van der Waals surface area contributed by atoms with E-state index in [1.54, 1.807) is 48.5 Å². The highest BCUT2D eigenvalue weighted by atomic mass is 16.2. The Morgan fingerprint density at radius 3 is 1.00 bits per heavy atom. The van der Waals surface area contributed by atoms with Crippen LogP contribution in [0.1, 0.15) is 55.3 Å². The third-order valence-electron chi connectivity index (χ3n) is 6.79. The molecule has 10 nitrogen and oxygen atoms in total. The van der Waals surface area contributed by atoms with Crippen molar-refractivity contribution in [2.75, 3.05) is 20.4 Å². The van der Waals surface area contributed by atoms with E-state index in [0.29, 0.717) is 22.7 Å². The minimum absolute atomic E-state index is 0.190. The van der Waals surface area contributed by atoms with Crippen molar-refractivity contribution in [1.82, 2.24) is 0 Å². The quantitative estimate of drug-likeness (QED) is 0.375. The molecule has 0 unspecified atom stereocenters. The van der Waals surface area contributed by atoms with Crippen LogP contribution >= 0.6 is 0 Å². The van der Waals surface area contributed by atoms with Crippen molar-refractivity contribution in [3.63, 3.8) is 0 Å². The molecular formula is C30H20N4O6. The summed E-state index contributed by atoms with van der Waals surface area (Å²) in [6.45, 7) is 2.75. The van der Waals surface area contributed by atoms with Crippen LogP contribution < -0.4 is 20.4 Å². The molecule has 196 valence electrons. The summed E-state index contributed by atoms with van der Waals surface area (Å²) in [5.74, 6) is -2.88. The van der Waals surface area contributed by atoms with Gasteiger partial charge in [-0.2, -0.15) is 0 Å².